The van der Waals surface area contributed by atoms with E-state index in [1.54, 1.807) is 6.08 Å². The average molecular weight is 179 g/mol. The van der Waals surface area contributed by atoms with Crippen molar-refractivity contribution in [3.63, 3.8) is 0 Å². The van der Waals surface area contributed by atoms with Crippen LogP contribution in [-0.2, 0) is 9.53 Å². The van der Waals surface area contributed by atoms with Crippen LogP contribution in [0.15, 0.2) is 29.3 Å². The molecular weight excluding hydrogens is 166 g/mol. The second-order valence-electron chi connectivity index (χ2n) is 2.98. The van der Waals surface area contributed by atoms with E-state index in [9.17, 15) is 4.79 Å². The fourth-order valence-corrected chi connectivity index (χ4v) is 1.21. The van der Waals surface area contributed by atoms with Crippen molar-refractivity contribution in [3.8, 4) is 0 Å². The van der Waals surface area contributed by atoms with Crippen LogP contribution in [0, 0.1) is 5.92 Å². The Labute approximate surface area is 77.8 Å². The van der Waals surface area contributed by atoms with Gasteiger partial charge in [0.1, 0.15) is 5.71 Å². The summed E-state index contributed by atoms with van der Waals surface area (Å²) in [6.07, 6.45) is 3.61. The highest BCUT2D eigenvalue weighted by Gasteiger charge is 2.19. The van der Waals surface area contributed by atoms with Crippen LogP contribution in [0.1, 0.15) is 6.92 Å². The lowest BCUT2D eigenvalue weighted by Crippen LogP contribution is -2.22. The van der Waals surface area contributed by atoms with Crippen LogP contribution < -0.4 is 0 Å². The number of hydrogen-bond donors (Lipinski definition) is 0. The summed E-state index contributed by atoms with van der Waals surface area (Å²) < 4.78 is 4.60. The molecule has 0 aromatic rings. The zero-order chi connectivity index (χ0) is 9.84. The van der Waals surface area contributed by atoms with Crippen molar-refractivity contribution in [2.45, 2.75) is 6.92 Å². The number of allylic oxidation sites excluding steroid dienone is 1. The number of ether oxygens (including phenoxy) is 1. The average Bonchev–Trinajstić information content (AvgIpc) is 2.16. The van der Waals surface area contributed by atoms with Crippen molar-refractivity contribution >= 4 is 11.7 Å². The summed E-state index contributed by atoms with van der Waals surface area (Å²) in [5.41, 5.74) is 1.15. The second kappa shape index (κ2) is 4.03. The highest BCUT2D eigenvalue weighted by atomic mass is 16.5. The van der Waals surface area contributed by atoms with Crippen molar-refractivity contribution in [1.82, 2.24) is 0 Å². The Balaban J connectivity index is 2.92. The van der Waals surface area contributed by atoms with E-state index in [2.05, 4.69) is 16.3 Å². The van der Waals surface area contributed by atoms with E-state index in [1.165, 1.54) is 7.11 Å². The van der Waals surface area contributed by atoms with Crippen molar-refractivity contribution < 1.29 is 9.53 Å². The van der Waals surface area contributed by atoms with Crippen LogP contribution in [0.4, 0.5) is 0 Å². The van der Waals surface area contributed by atoms with Gasteiger partial charge in [-0.2, -0.15) is 0 Å². The van der Waals surface area contributed by atoms with Crippen LogP contribution in [0.3, 0.4) is 0 Å². The third-order valence-corrected chi connectivity index (χ3v) is 1.87. The number of nitrogens with zero attached hydrogens (tertiary/aromatic N) is 1. The number of dihydropyridines is 1. The lowest BCUT2D eigenvalue weighted by Gasteiger charge is -2.14. The number of esters is 1. The van der Waals surface area contributed by atoms with E-state index in [0.29, 0.717) is 18.2 Å². The first-order chi connectivity index (χ1) is 6.19. The zero-order valence-corrected chi connectivity index (χ0v) is 7.91. The third-order valence-electron chi connectivity index (χ3n) is 1.87. The number of methoxy groups -OCH3 is 1. The minimum absolute atomic E-state index is 0.362. The topological polar surface area (TPSA) is 38.7 Å². The van der Waals surface area contributed by atoms with Gasteiger partial charge in [0.15, 0.2) is 0 Å². The molecule has 0 spiro atoms. The van der Waals surface area contributed by atoms with Gasteiger partial charge >= 0.3 is 5.97 Å². The summed E-state index contributed by atoms with van der Waals surface area (Å²) in [5, 5.41) is 0. The third kappa shape index (κ3) is 2.05. The first-order valence-electron chi connectivity index (χ1n) is 4.16. The summed E-state index contributed by atoms with van der Waals surface area (Å²) in [6.45, 7) is 6.31. The molecule has 1 rings (SSSR count). The van der Waals surface area contributed by atoms with E-state index in [-0.39, 0.29) is 0 Å². The van der Waals surface area contributed by atoms with Gasteiger partial charge in [0.25, 0.3) is 0 Å². The SMILES string of the molecule is C=CC1=CC(C)CN=C1C(=O)OC. The Morgan fingerprint density at radius 3 is 3.08 bits per heavy atom. The van der Waals surface area contributed by atoms with E-state index >= 15 is 0 Å². The van der Waals surface area contributed by atoms with Crippen molar-refractivity contribution in [2.75, 3.05) is 13.7 Å². The van der Waals surface area contributed by atoms with E-state index in [1.807, 2.05) is 13.0 Å². The van der Waals surface area contributed by atoms with E-state index in [4.69, 9.17) is 0 Å². The molecule has 0 amide bonds. The second-order valence-corrected chi connectivity index (χ2v) is 2.98. The largest absolute Gasteiger partial charge is 0.464 e. The van der Waals surface area contributed by atoms with Crippen molar-refractivity contribution in [3.05, 3.63) is 24.3 Å². The van der Waals surface area contributed by atoms with Gasteiger partial charge in [-0.1, -0.05) is 25.7 Å². The smallest absolute Gasteiger partial charge is 0.356 e. The molecule has 0 aromatic heterocycles. The molecule has 1 unspecified atom stereocenters. The zero-order valence-electron chi connectivity index (χ0n) is 7.91. The molecule has 3 heteroatoms. The maximum absolute atomic E-state index is 11.2. The van der Waals surface area contributed by atoms with Crippen molar-refractivity contribution in [1.29, 1.82) is 0 Å². The number of carbonyl (C=O) groups excluding carboxylic acids is 1. The monoisotopic (exact) mass is 179 g/mol. The van der Waals surface area contributed by atoms with Crippen LogP contribution in [0.25, 0.3) is 0 Å². The van der Waals surface area contributed by atoms with Gasteiger partial charge in [0, 0.05) is 12.1 Å². The molecule has 1 aliphatic rings. The maximum Gasteiger partial charge on any atom is 0.356 e. The minimum atomic E-state index is -0.391. The summed E-state index contributed by atoms with van der Waals surface area (Å²) in [5.74, 6) is -0.0283. The Hall–Kier alpha value is -1.38. The lowest BCUT2D eigenvalue weighted by atomic mass is 10.0. The first kappa shape index (κ1) is 9.71. The minimum Gasteiger partial charge on any atom is -0.464 e. The summed E-state index contributed by atoms with van der Waals surface area (Å²) >= 11 is 0. The Kier molecular flexibility index (Phi) is 3.01. The van der Waals surface area contributed by atoms with E-state index < -0.39 is 5.97 Å². The number of aliphatic imine (C=N–C) groups is 1. The van der Waals surface area contributed by atoms with Gasteiger partial charge in [-0.05, 0) is 5.92 Å². The Morgan fingerprint density at radius 2 is 2.54 bits per heavy atom. The molecule has 0 aromatic carbocycles. The van der Waals surface area contributed by atoms with Gasteiger partial charge < -0.3 is 4.74 Å². The van der Waals surface area contributed by atoms with Gasteiger partial charge in [-0.25, -0.2) is 4.79 Å². The molecule has 0 saturated carbocycles. The van der Waals surface area contributed by atoms with Crippen molar-refractivity contribution in [2.24, 2.45) is 10.9 Å². The molecule has 13 heavy (non-hydrogen) atoms. The normalized spacial score (nSPS) is 21.5. The number of carbonyl (C=O) groups is 1. The molecule has 0 N–H and O–H groups in total. The van der Waals surface area contributed by atoms with Gasteiger partial charge in [0.05, 0.1) is 7.11 Å². The molecule has 0 aliphatic carbocycles. The molecule has 1 aliphatic heterocycles. The molecule has 0 fully saturated rings. The quantitative estimate of drug-likeness (QED) is 0.600. The van der Waals surface area contributed by atoms with Crippen LogP contribution in [0.2, 0.25) is 0 Å². The first-order valence-corrected chi connectivity index (χ1v) is 4.16. The predicted molar refractivity (Wildman–Crippen MR) is 51.8 cm³/mol. The Morgan fingerprint density at radius 1 is 1.85 bits per heavy atom. The molecule has 0 radical (unpaired) electrons. The fraction of sp³-hybridized carbons (Fsp3) is 0.400. The molecule has 0 bridgehead atoms. The highest BCUT2D eigenvalue weighted by molar-refractivity contribution is 6.44. The molecule has 1 atom stereocenters. The molecule has 0 saturated heterocycles. The van der Waals surface area contributed by atoms with Gasteiger partial charge in [-0.15, -0.1) is 0 Å². The van der Waals surface area contributed by atoms with Crippen LogP contribution in [0.5, 0.6) is 0 Å². The van der Waals surface area contributed by atoms with Crippen LogP contribution in [-0.4, -0.2) is 25.3 Å². The fourth-order valence-electron chi connectivity index (χ4n) is 1.21. The van der Waals surface area contributed by atoms with E-state index in [0.717, 1.165) is 5.57 Å². The summed E-state index contributed by atoms with van der Waals surface area (Å²) in [7, 11) is 1.35. The molecular formula is C10H13NO2. The highest BCUT2D eigenvalue weighted by Crippen LogP contribution is 2.14. The maximum atomic E-state index is 11.2. The summed E-state index contributed by atoms with van der Waals surface area (Å²) in [4.78, 5) is 15.3. The predicted octanol–water partition coefficient (Wildman–Crippen LogP) is 1.36. The number of hydrogen-bond acceptors (Lipinski definition) is 3. The summed E-state index contributed by atoms with van der Waals surface area (Å²) in [6, 6.07) is 0. The van der Waals surface area contributed by atoms with Gasteiger partial charge in [0.2, 0.25) is 0 Å². The van der Waals surface area contributed by atoms with Gasteiger partial charge in [-0.3, -0.25) is 4.99 Å². The molecule has 70 valence electrons. The molecule has 3 nitrogen and oxygen atoms in total. The van der Waals surface area contributed by atoms with Crippen LogP contribution >= 0.6 is 0 Å². The number of rotatable bonds is 2. The standard InChI is InChI=1S/C10H13NO2/c1-4-8-5-7(2)6-11-9(8)10(12)13-3/h4-5,7H,1,6H2,2-3H3. The molecule has 1 heterocycles. The Bertz CT molecular complexity index is 289. The lowest BCUT2D eigenvalue weighted by molar-refractivity contribution is -0.132.